The number of piperidine rings is 1. The lowest BCUT2D eigenvalue weighted by atomic mass is 9.82. The van der Waals surface area contributed by atoms with Crippen LogP contribution in [0.5, 0.6) is 0 Å². The number of nitrogens with one attached hydrogen (secondary N) is 1. The highest BCUT2D eigenvalue weighted by Gasteiger charge is 2.54. The van der Waals surface area contributed by atoms with Crippen LogP contribution >= 0.6 is 0 Å². The molecular weight excluding hydrogens is 396 g/mol. The van der Waals surface area contributed by atoms with Gasteiger partial charge in [-0.05, 0) is 29.5 Å². The second-order valence-corrected chi connectivity index (χ2v) is 8.78. The number of carbonyl (C=O) groups excluding carboxylic acids is 1. The number of likely N-dealkylation sites (tertiary alicyclic amines) is 1. The molecule has 0 spiro atoms. The van der Waals surface area contributed by atoms with E-state index in [9.17, 15) is 4.79 Å². The Morgan fingerprint density at radius 1 is 0.812 bits per heavy atom. The van der Waals surface area contributed by atoms with Gasteiger partial charge in [0.1, 0.15) is 6.29 Å². The standard InChI is InChI=1S/C27H30N4O/c28-26-29-27(22-12-6-2-7-13-22,23-14-8-3-9-15-23)25(32)31(26)24-16-18-30(19-17-24)20-21-10-4-1-5-11-21/h1-15,24,26,29H,16-20,28H2. The predicted octanol–water partition coefficient (Wildman–Crippen LogP) is 3.27. The fourth-order valence-corrected chi connectivity index (χ4v) is 5.22. The van der Waals surface area contributed by atoms with Crippen molar-refractivity contribution in [2.45, 2.75) is 37.3 Å². The van der Waals surface area contributed by atoms with Crippen molar-refractivity contribution in [2.75, 3.05) is 13.1 Å². The molecule has 1 amide bonds. The summed E-state index contributed by atoms with van der Waals surface area (Å²) in [5.41, 5.74) is 8.81. The Labute approximate surface area is 189 Å². The van der Waals surface area contributed by atoms with Crippen molar-refractivity contribution in [1.82, 2.24) is 15.1 Å². The molecule has 5 heteroatoms. The average Bonchev–Trinajstić information content (AvgIpc) is 3.12. The molecule has 5 rings (SSSR count). The number of hydrogen-bond donors (Lipinski definition) is 2. The summed E-state index contributed by atoms with van der Waals surface area (Å²) >= 11 is 0. The molecule has 2 saturated heterocycles. The van der Waals surface area contributed by atoms with Gasteiger partial charge >= 0.3 is 0 Å². The summed E-state index contributed by atoms with van der Waals surface area (Å²) in [6.45, 7) is 2.86. The molecule has 3 N–H and O–H groups in total. The van der Waals surface area contributed by atoms with Gasteiger partial charge in [-0.25, -0.2) is 0 Å². The first-order valence-electron chi connectivity index (χ1n) is 11.4. The van der Waals surface area contributed by atoms with Crippen LogP contribution in [0.3, 0.4) is 0 Å². The Balaban J connectivity index is 1.38. The van der Waals surface area contributed by atoms with E-state index in [-0.39, 0.29) is 11.9 Å². The molecule has 1 atom stereocenters. The van der Waals surface area contributed by atoms with E-state index in [1.807, 2.05) is 65.6 Å². The minimum Gasteiger partial charge on any atom is -0.309 e. The largest absolute Gasteiger partial charge is 0.309 e. The molecule has 2 aliphatic rings. The zero-order valence-corrected chi connectivity index (χ0v) is 18.2. The molecule has 0 aromatic heterocycles. The molecule has 0 radical (unpaired) electrons. The van der Waals surface area contributed by atoms with Gasteiger partial charge in [-0.3, -0.25) is 20.7 Å². The van der Waals surface area contributed by atoms with Crippen molar-refractivity contribution in [2.24, 2.45) is 5.73 Å². The van der Waals surface area contributed by atoms with E-state index < -0.39 is 11.8 Å². The van der Waals surface area contributed by atoms with Gasteiger partial charge in [0.25, 0.3) is 5.91 Å². The third-order valence-corrected chi connectivity index (χ3v) is 6.83. The summed E-state index contributed by atoms with van der Waals surface area (Å²) in [4.78, 5) is 18.4. The lowest BCUT2D eigenvalue weighted by Crippen LogP contribution is -2.53. The molecule has 2 aliphatic heterocycles. The molecule has 2 fully saturated rings. The monoisotopic (exact) mass is 426 g/mol. The normalized spacial score (nSPS) is 21.7. The van der Waals surface area contributed by atoms with E-state index in [4.69, 9.17) is 5.73 Å². The van der Waals surface area contributed by atoms with Gasteiger partial charge in [0.15, 0.2) is 5.54 Å². The minimum atomic E-state index is -0.955. The van der Waals surface area contributed by atoms with Crippen LogP contribution in [0, 0.1) is 0 Å². The summed E-state index contributed by atoms with van der Waals surface area (Å²) in [7, 11) is 0. The summed E-state index contributed by atoms with van der Waals surface area (Å²) < 4.78 is 0. The highest BCUT2D eigenvalue weighted by molar-refractivity contribution is 5.94. The Bertz CT molecular complexity index is 994. The third-order valence-electron chi connectivity index (χ3n) is 6.83. The molecule has 32 heavy (non-hydrogen) atoms. The van der Waals surface area contributed by atoms with Crippen LogP contribution in [-0.2, 0) is 16.9 Å². The molecule has 2 heterocycles. The van der Waals surface area contributed by atoms with E-state index in [1.54, 1.807) is 0 Å². The van der Waals surface area contributed by atoms with Crippen LogP contribution in [0.25, 0.3) is 0 Å². The smallest absolute Gasteiger partial charge is 0.254 e. The van der Waals surface area contributed by atoms with E-state index in [1.165, 1.54) is 5.56 Å². The van der Waals surface area contributed by atoms with Crippen LogP contribution in [-0.4, -0.2) is 41.1 Å². The molecular formula is C27H30N4O. The fraction of sp³-hybridized carbons (Fsp3) is 0.296. The van der Waals surface area contributed by atoms with Gasteiger partial charge < -0.3 is 4.90 Å². The number of amides is 1. The first kappa shape index (κ1) is 20.9. The van der Waals surface area contributed by atoms with Crippen molar-refractivity contribution in [3.63, 3.8) is 0 Å². The number of nitrogens with two attached hydrogens (primary N) is 1. The van der Waals surface area contributed by atoms with Crippen molar-refractivity contribution < 1.29 is 4.79 Å². The maximum absolute atomic E-state index is 14.1. The maximum Gasteiger partial charge on any atom is 0.254 e. The molecule has 5 nitrogen and oxygen atoms in total. The third kappa shape index (κ3) is 3.73. The molecule has 3 aromatic carbocycles. The zero-order chi connectivity index (χ0) is 22.0. The number of carbonyl (C=O) groups is 1. The molecule has 0 saturated carbocycles. The van der Waals surface area contributed by atoms with Gasteiger partial charge in [0, 0.05) is 25.7 Å². The summed E-state index contributed by atoms with van der Waals surface area (Å²) in [5, 5.41) is 3.49. The SMILES string of the molecule is NC1NC(c2ccccc2)(c2ccccc2)C(=O)N1C1CCN(Cc2ccccc2)CC1. The molecule has 0 aliphatic carbocycles. The van der Waals surface area contributed by atoms with E-state index in [0.29, 0.717) is 0 Å². The van der Waals surface area contributed by atoms with Crippen molar-refractivity contribution >= 4 is 5.91 Å². The Hall–Kier alpha value is -2.99. The van der Waals surface area contributed by atoms with E-state index in [2.05, 4.69) is 40.5 Å². The highest BCUT2D eigenvalue weighted by Crippen LogP contribution is 2.38. The van der Waals surface area contributed by atoms with E-state index >= 15 is 0 Å². The number of nitrogens with zero attached hydrogens (tertiary/aromatic N) is 2. The second kappa shape index (κ2) is 8.87. The summed E-state index contributed by atoms with van der Waals surface area (Å²) in [6, 6.07) is 30.6. The quantitative estimate of drug-likeness (QED) is 0.657. The number of hydrogen-bond acceptors (Lipinski definition) is 4. The number of benzene rings is 3. The first-order valence-corrected chi connectivity index (χ1v) is 11.4. The van der Waals surface area contributed by atoms with Crippen LogP contribution in [0.4, 0.5) is 0 Å². The average molecular weight is 427 g/mol. The van der Waals surface area contributed by atoms with Crippen molar-refractivity contribution in [3.8, 4) is 0 Å². The van der Waals surface area contributed by atoms with E-state index in [0.717, 1.165) is 43.6 Å². The lowest BCUT2D eigenvalue weighted by Gasteiger charge is -2.38. The summed E-state index contributed by atoms with van der Waals surface area (Å²) in [5.74, 6) is 0.0453. The van der Waals surface area contributed by atoms with Gasteiger partial charge in [0.2, 0.25) is 0 Å². The molecule has 1 unspecified atom stereocenters. The van der Waals surface area contributed by atoms with Crippen LogP contribution in [0.1, 0.15) is 29.5 Å². The van der Waals surface area contributed by atoms with Crippen LogP contribution in [0.2, 0.25) is 0 Å². The molecule has 3 aromatic rings. The highest BCUT2D eigenvalue weighted by atomic mass is 16.2. The lowest BCUT2D eigenvalue weighted by molar-refractivity contribution is -0.135. The van der Waals surface area contributed by atoms with Crippen LogP contribution in [0.15, 0.2) is 91.0 Å². The maximum atomic E-state index is 14.1. The Morgan fingerprint density at radius 2 is 1.31 bits per heavy atom. The Morgan fingerprint density at radius 3 is 1.84 bits per heavy atom. The zero-order valence-electron chi connectivity index (χ0n) is 18.2. The van der Waals surface area contributed by atoms with Gasteiger partial charge in [-0.15, -0.1) is 0 Å². The first-order chi connectivity index (χ1) is 15.7. The van der Waals surface area contributed by atoms with Gasteiger partial charge in [-0.2, -0.15) is 0 Å². The minimum absolute atomic E-state index is 0.0453. The number of rotatable bonds is 5. The fourth-order valence-electron chi connectivity index (χ4n) is 5.22. The Kier molecular flexibility index (Phi) is 5.79. The van der Waals surface area contributed by atoms with Crippen molar-refractivity contribution in [3.05, 3.63) is 108 Å². The van der Waals surface area contributed by atoms with Crippen molar-refractivity contribution in [1.29, 1.82) is 0 Å². The topological polar surface area (TPSA) is 61.6 Å². The molecule has 0 bridgehead atoms. The predicted molar refractivity (Wildman–Crippen MR) is 126 cm³/mol. The summed E-state index contributed by atoms with van der Waals surface area (Å²) in [6.07, 6.45) is 1.33. The molecule has 164 valence electrons. The van der Waals surface area contributed by atoms with Gasteiger partial charge in [-0.1, -0.05) is 91.0 Å². The second-order valence-electron chi connectivity index (χ2n) is 8.78. The van der Waals surface area contributed by atoms with Crippen LogP contribution < -0.4 is 11.1 Å². The van der Waals surface area contributed by atoms with Gasteiger partial charge in [0.05, 0.1) is 0 Å².